The van der Waals surface area contributed by atoms with Gasteiger partial charge >= 0.3 is 24.1 Å². The number of halogens is 8. The molecule has 2 rings (SSSR count). The molecule has 166 valence electrons. The molecular formula is C20H18F8O2. The maximum Gasteiger partial charge on any atom is 0.471 e. The molecule has 0 saturated heterocycles. The lowest BCUT2D eigenvalue weighted by Gasteiger charge is -2.35. The topological polar surface area (TPSA) is 18.5 Å². The molecule has 0 amide bonds. The van der Waals surface area contributed by atoms with Crippen LogP contribution in [-0.4, -0.2) is 24.1 Å². The predicted octanol–water partition coefficient (Wildman–Crippen LogP) is 6.83. The lowest BCUT2D eigenvalue weighted by atomic mass is 10.1. The van der Waals surface area contributed by atoms with Crippen molar-refractivity contribution in [1.82, 2.24) is 0 Å². The van der Waals surface area contributed by atoms with E-state index in [1.54, 1.807) is 0 Å². The maximum absolute atomic E-state index is 14.0. The van der Waals surface area contributed by atoms with Crippen molar-refractivity contribution in [2.75, 3.05) is 0 Å². The molecule has 0 aliphatic heterocycles. The number of alkyl halides is 8. The smallest absolute Gasteiger partial charge is 0.428 e. The van der Waals surface area contributed by atoms with Crippen LogP contribution in [0.3, 0.4) is 0 Å². The van der Waals surface area contributed by atoms with Gasteiger partial charge in [-0.2, -0.15) is 35.1 Å². The van der Waals surface area contributed by atoms with Gasteiger partial charge in [-0.15, -0.1) is 0 Å². The largest absolute Gasteiger partial charge is 0.471 e. The summed E-state index contributed by atoms with van der Waals surface area (Å²) in [6.45, 7) is 5.65. The zero-order valence-electron chi connectivity index (χ0n) is 16.3. The highest BCUT2D eigenvalue weighted by atomic mass is 19.4. The SMILES string of the molecule is Cc1cc(C)cc(OC(F)(F)C(F)(F)C(F)(F)C(F)(F)Oc2cc(C)cc(C)c2)c1. The van der Waals surface area contributed by atoms with Gasteiger partial charge in [-0.25, -0.2) is 0 Å². The van der Waals surface area contributed by atoms with Crippen LogP contribution in [0.15, 0.2) is 36.4 Å². The maximum atomic E-state index is 14.0. The number of aryl methyl sites for hydroxylation is 4. The first-order valence-electron chi connectivity index (χ1n) is 8.54. The average Bonchev–Trinajstić information content (AvgIpc) is 2.51. The van der Waals surface area contributed by atoms with Crippen molar-refractivity contribution in [3.8, 4) is 11.5 Å². The number of benzene rings is 2. The lowest BCUT2D eigenvalue weighted by molar-refractivity contribution is -0.437. The standard InChI is InChI=1S/C20H18F8O2/c1-11-5-12(2)8-15(7-11)29-19(25,26)17(21,22)18(23,24)20(27,28)30-16-9-13(3)6-14(4)10-16/h5-10H,1-4H3. The van der Waals surface area contributed by atoms with Crippen LogP contribution in [0, 0.1) is 27.7 Å². The van der Waals surface area contributed by atoms with Crippen molar-refractivity contribution in [3.05, 3.63) is 58.7 Å². The van der Waals surface area contributed by atoms with E-state index < -0.39 is 35.6 Å². The van der Waals surface area contributed by atoms with Crippen LogP contribution in [0.1, 0.15) is 22.3 Å². The van der Waals surface area contributed by atoms with Gasteiger partial charge in [0.05, 0.1) is 0 Å². The summed E-state index contributed by atoms with van der Waals surface area (Å²) in [5.74, 6) is -15.0. The first kappa shape index (κ1) is 23.8. The average molecular weight is 442 g/mol. The second kappa shape index (κ2) is 7.63. The molecule has 0 aliphatic carbocycles. The van der Waals surface area contributed by atoms with E-state index >= 15 is 0 Å². The molecule has 0 unspecified atom stereocenters. The number of hydrogen-bond acceptors (Lipinski definition) is 2. The Kier molecular flexibility index (Phi) is 6.04. The Morgan fingerprint density at radius 1 is 0.467 bits per heavy atom. The molecule has 0 heterocycles. The van der Waals surface area contributed by atoms with Gasteiger partial charge in [0.15, 0.2) is 0 Å². The molecule has 0 atom stereocenters. The Balaban J connectivity index is 2.38. The minimum atomic E-state index is -6.62. The Bertz CT molecular complexity index is 809. The summed E-state index contributed by atoms with van der Waals surface area (Å²) < 4.78 is 120. The van der Waals surface area contributed by atoms with E-state index in [9.17, 15) is 35.1 Å². The summed E-state index contributed by atoms with van der Waals surface area (Å²) in [5, 5.41) is 0. The fraction of sp³-hybridized carbons (Fsp3) is 0.400. The van der Waals surface area contributed by atoms with E-state index in [2.05, 4.69) is 9.47 Å². The third kappa shape index (κ3) is 4.46. The summed E-state index contributed by atoms with van der Waals surface area (Å²) in [7, 11) is 0. The molecule has 2 nitrogen and oxygen atoms in total. The normalized spacial score (nSPS) is 13.3. The summed E-state index contributed by atoms with van der Waals surface area (Å²) in [5.41, 5.74) is 1.22. The van der Waals surface area contributed by atoms with Crippen LogP contribution in [0.4, 0.5) is 35.1 Å². The molecule has 0 saturated carbocycles. The monoisotopic (exact) mass is 442 g/mol. The van der Waals surface area contributed by atoms with Crippen molar-refractivity contribution in [1.29, 1.82) is 0 Å². The van der Waals surface area contributed by atoms with Crippen LogP contribution in [0.2, 0.25) is 0 Å². The number of hydrogen-bond donors (Lipinski definition) is 0. The molecular weight excluding hydrogens is 424 g/mol. The summed E-state index contributed by atoms with van der Waals surface area (Å²) in [6.07, 6.45) is -12.0. The zero-order chi connectivity index (χ0) is 23.1. The Morgan fingerprint density at radius 2 is 0.700 bits per heavy atom. The van der Waals surface area contributed by atoms with E-state index in [4.69, 9.17) is 0 Å². The van der Waals surface area contributed by atoms with Gasteiger partial charge in [0, 0.05) is 0 Å². The van der Waals surface area contributed by atoms with Gasteiger partial charge in [0.2, 0.25) is 0 Å². The van der Waals surface area contributed by atoms with Crippen molar-refractivity contribution in [2.24, 2.45) is 0 Å². The highest BCUT2D eigenvalue weighted by molar-refractivity contribution is 5.34. The van der Waals surface area contributed by atoms with Crippen LogP contribution < -0.4 is 9.47 Å². The first-order chi connectivity index (χ1) is 13.5. The molecule has 2 aromatic rings. The molecule has 0 radical (unpaired) electrons. The highest BCUT2D eigenvalue weighted by Crippen LogP contribution is 2.53. The molecule has 30 heavy (non-hydrogen) atoms. The van der Waals surface area contributed by atoms with E-state index in [0.29, 0.717) is 22.3 Å². The lowest BCUT2D eigenvalue weighted by Crippen LogP contribution is -2.65. The number of rotatable bonds is 7. The summed E-state index contributed by atoms with van der Waals surface area (Å²) in [4.78, 5) is 0. The van der Waals surface area contributed by atoms with Gasteiger partial charge in [0.1, 0.15) is 11.5 Å². The summed E-state index contributed by atoms with van der Waals surface area (Å²) in [6, 6.07) is 6.45. The second-order valence-electron chi connectivity index (χ2n) is 7.03. The van der Waals surface area contributed by atoms with Crippen LogP contribution >= 0.6 is 0 Å². The van der Waals surface area contributed by atoms with E-state index in [-0.39, 0.29) is 0 Å². The fourth-order valence-electron chi connectivity index (χ4n) is 2.77. The minimum Gasteiger partial charge on any atom is -0.428 e. The van der Waals surface area contributed by atoms with E-state index in [1.807, 2.05) is 0 Å². The molecule has 0 spiro atoms. The van der Waals surface area contributed by atoms with Crippen molar-refractivity contribution < 1.29 is 44.6 Å². The summed E-state index contributed by atoms with van der Waals surface area (Å²) >= 11 is 0. The van der Waals surface area contributed by atoms with Crippen LogP contribution in [0.5, 0.6) is 11.5 Å². The molecule has 0 bridgehead atoms. The third-order valence-corrected chi connectivity index (χ3v) is 4.01. The quantitative estimate of drug-likeness (QED) is 0.438. The molecule has 0 aromatic heterocycles. The highest BCUT2D eigenvalue weighted by Gasteiger charge is 2.84. The van der Waals surface area contributed by atoms with Crippen molar-refractivity contribution >= 4 is 0 Å². The first-order valence-corrected chi connectivity index (χ1v) is 8.54. The molecule has 10 heteroatoms. The van der Waals surface area contributed by atoms with Gasteiger partial charge in [0.25, 0.3) is 0 Å². The van der Waals surface area contributed by atoms with E-state index in [1.165, 1.54) is 39.8 Å². The molecule has 0 fully saturated rings. The van der Waals surface area contributed by atoms with Gasteiger partial charge in [-0.05, 0) is 74.2 Å². The zero-order valence-corrected chi connectivity index (χ0v) is 16.3. The Labute approximate surface area is 167 Å². The Morgan fingerprint density at radius 3 is 0.933 bits per heavy atom. The van der Waals surface area contributed by atoms with Gasteiger partial charge < -0.3 is 9.47 Å². The third-order valence-electron chi connectivity index (χ3n) is 4.01. The molecule has 0 aliphatic rings. The predicted molar refractivity (Wildman–Crippen MR) is 92.9 cm³/mol. The van der Waals surface area contributed by atoms with Crippen molar-refractivity contribution in [3.63, 3.8) is 0 Å². The Hall–Kier alpha value is -2.52. The second-order valence-corrected chi connectivity index (χ2v) is 7.03. The van der Waals surface area contributed by atoms with Crippen LogP contribution in [-0.2, 0) is 0 Å². The van der Waals surface area contributed by atoms with Gasteiger partial charge in [-0.1, -0.05) is 12.1 Å². The number of ether oxygens (including phenoxy) is 2. The van der Waals surface area contributed by atoms with Crippen LogP contribution in [0.25, 0.3) is 0 Å². The fourth-order valence-corrected chi connectivity index (χ4v) is 2.77. The molecule has 2 aromatic carbocycles. The van der Waals surface area contributed by atoms with E-state index in [0.717, 1.165) is 24.3 Å². The minimum absolute atomic E-state index is 0.305. The van der Waals surface area contributed by atoms with Gasteiger partial charge in [-0.3, -0.25) is 0 Å². The van der Waals surface area contributed by atoms with Crippen molar-refractivity contribution in [2.45, 2.75) is 51.8 Å². The molecule has 0 N–H and O–H groups in total.